The Balaban J connectivity index is 2.05. The molecule has 2 N–H and O–H groups in total. The van der Waals surface area contributed by atoms with E-state index in [9.17, 15) is 9.18 Å². The molecule has 0 saturated carbocycles. The lowest BCUT2D eigenvalue weighted by atomic mass is 9.93. The minimum atomic E-state index is -1.73. The van der Waals surface area contributed by atoms with Crippen LogP contribution in [0.25, 0.3) is 0 Å². The Morgan fingerprint density at radius 3 is 2.76 bits per heavy atom. The summed E-state index contributed by atoms with van der Waals surface area (Å²) in [5.74, 6) is -0.524. The molecule has 1 aliphatic heterocycles. The fourth-order valence-electron chi connectivity index (χ4n) is 2.02. The molecule has 1 fully saturated rings. The van der Waals surface area contributed by atoms with E-state index in [0.29, 0.717) is 18.8 Å². The van der Waals surface area contributed by atoms with Crippen molar-refractivity contribution in [1.29, 1.82) is 0 Å². The van der Waals surface area contributed by atoms with Crippen LogP contribution < -0.4 is 10.6 Å². The van der Waals surface area contributed by atoms with Gasteiger partial charge in [-0.15, -0.1) is 0 Å². The molecule has 17 heavy (non-hydrogen) atoms. The van der Waals surface area contributed by atoms with Crippen molar-refractivity contribution in [3.05, 3.63) is 29.8 Å². The molecule has 1 aromatic rings. The second kappa shape index (κ2) is 4.84. The predicted octanol–water partition coefficient (Wildman–Crippen LogP) is 2.03. The molecule has 0 bridgehead atoms. The van der Waals surface area contributed by atoms with Crippen molar-refractivity contribution in [2.24, 2.45) is 0 Å². The van der Waals surface area contributed by atoms with E-state index in [1.807, 2.05) is 25.1 Å². The summed E-state index contributed by atoms with van der Waals surface area (Å²) in [5.41, 5.74) is -0.0267. The van der Waals surface area contributed by atoms with Gasteiger partial charge in [-0.1, -0.05) is 12.1 Å². The summed E-state index contributed by atoms with van der Waals surface area (Å²) in [6, 6.07) is 7.39. The molecule has 0 aromatic heterocycles. The topological polar surface area (TPSA) is 41.1 Å². The summed E-state index contributed by atoms with van der Waals surface area (Å²) in [7, 11) is 0. The number of hydrogen-bond donors (Lipinski definition) is 2. The van der Waals surface area contributed by atoms with Gasteiger partial charge in [-0.05, 0) is 37.7 Å². The Morgan fingerprint density at radius 1 is 1.41 bits per heavy atom. The molecule has 0 spiro atoms. The van der Waals surface area contributed by atoms with Gasteiger partial charge >= 0.3 is 0 Å². The van der Waals surface area contributed by atoms with E-state index in [4.69, 9.17) is 0 Å². The molecule has 0 unspecified atom stereocenters. The van der Waals surface area contributed by atoms with Gasteiger partial charge in [-0.3, -0.25) is 4.79 Å². The number of carbonyl (C=O) groups excluding carboxylic acids is 1. The molecular formula is C13H17FN2O. The van der Waals surface area contributed by atoms with Gasteiger partial charge in [0.25, 0.3) is 5.91 Å². The number of carbonyl (C=O) groups is 1. The Bertz CT molecular complexity index is 414. The number of rotatable bonds is 2. The summed E-state index contributed by atoms with van der Waals surface area (Å²) in [6.45, 7) is 3.04. The Kier molecular flexibility index (Phi) is 3.43. The first-order valence-corrected chi connectivity index (χ1v) is 5.88. The van der Waals surface area contributed by atoms with Gasteiger partial charge in [0.05, 0.1) is 0 Å². The third-order valence-electron chi connectivity index (χ3n) is 3.08. The minimum absolute atomic E-state index is 0.241. The molecule has 1 amide bonds. The number of piperidine rings is 1. The highest BCUT2D eigenvalue weighted by Crippen LogP contribution is 2.25. The van der Waals surface area contributed by atoms with Crippen molar-refractivity contribution >= 4 is 11.6 Å². The summed E-state index contributed by atoms with van der Waals surface area (Å²) in [6.07, 6.45) is 0.481. The van der Waals surface area contributed by atoms with Crippen LogP contribution in [0.3, 0.4) is 0 Å². The van der Waals surface area contributed by atoms with Gasteiger partial charge in [0.2, 0.25) is 0 Å². The number of amides is 1. The molecular weight excluding hydrogens is 219 g/mol. The van der Waals surface area contributed by atoms with Gasteiger partial charge in [-0.2, -0.15) is 0 Å². The predicted molar refractivity (Wildman–Crippen MR) is 65.8 cm³/mol. The summed E-state index contributed by atoms with van der Waals surface area (Å²) in [5, 5.41) is 5.70. The molecule has 4 heteroatoms. The maximum absolute atomic E-state index is 14.3. The average molecular weight is 236 g/mol. The number of nitrogens with one attached hydrogen (secondary N) is 2. The number of benzene rings is 1. The monoisotopic (exact) mass is 236 g/mol. The van der Waals surface area contributed by atoms with Crippen LogP contribution in [-0.4, -0.2) is 24.7 Å². The standard InChI is InChI=1S/C13H17FN2O/c1-10-3-2-4-11(9-10)16-12(17)13(14)5-7-15-8-6-13/h2-4,9,15H,5-8H2,1H3,(H,16,17). The summed E-state index contributed by atoms with van der Waals surface area (Å²) >= 11 is 0. The molecule has 1 heterocycles. The van der Waals surface area contributed by atoms with Crippen molar-refractivity contribution in [2.45, 2.75) is 25.4 Å². The molecule has 0 radical (unpaired) electrons. The highest BCUT2D eigenvalue weighted by atomic mass is 19.1. The summed E-state index contributed by atoms with van der Waals surface area (Å²) < 4.78 is 14.3. The van der Waals surface area contributed by atoms with Crippen LogP contribution in [0.1, 0.15) is 18.4 Å². The number of anilines is 1. The Hall–Kier alpha value is -1.42. The third kappa shape index (κ3) is 2.82. The van der Waals surface area contributed by atoms with Crippen molar-refractivity contribution < 1.29 is 9.18 Å². The van der Waals surface area contributed by atoms with E-state index in [0.717, 1.165) is 5.56 Å². The Labute approximate surface area is 100 Å². The van der Waals surface area contributed by atoms with E-state index in [2.05, 4.69) is 10.6 Å². The molecule has 0 atom stereocenters. The van der Waals surface area contributed by atoms with Crippen LogP contribution in [0.4, 0.5) is 10.1 Å². The molecule has 92 valence electrons. The molecule has 0 aliphatic carbocycles. The second-order valence-corrected chi connectivity index (χ2v) is 4.54. The first-order valence-electron chi connectivity index (χ1n) is 5.88. The number of halogens is 1. The lowest BCUT2D eigenvalue weighted by Gasteiger charge is -2.28. The van der Waals surface area contributed by atoms with Crippen molar-refractivity contribution in [3.8, 4) is 0 Å². The summed E-state index contributed by atoms with van der Waals surface area (Å²) in [4.78, 5) is 11.9. The minimum Gasteiger partial charge on any atom is -0.323 e. The fraction of sp³-hybridized carbons (Fsp3) is 0.462. The van der Waals surface area contributed by atoms with Crippen LogP contribution in [0.5, 0.6) is 0 Å². The van der Waals surface area contributed by atoms with Gasteiger partial charge in [0.15, 0.2) is 5.67 Å². The van der Waals surface area contributed by atoms with Gasteiger partial charge in [0, 0.05) is 18.5 Å². The normalized spacial score (nSPS) is 18.7. The molecule has 2 rings (SSSR count). The quantitative estimate of drug-likeness (QED) is 0.825. The van der Waals surface area contributed by atoms with Crippen molar-refractivity contribution in [2.75, 3.05) is 18.4 Å². The maximum atomic E-state index is 14.3. The van der Waals surface area contributed by atoms with Crippen LogP contribution in [0, 0.1) is 6.92 Å². The third-order valence-corrected chi connectivity index (χ3v) is 3.08. The van der Waals surface area contributed by atoms with Crippen LogP contribution in [-0.2, 0) is 4.79 Å². The van der Waals surface area contributed by atoms with Crippen LogP contribution >= 0.6 is 0 Å². The first-order chi connectivity index (χ1) is 8.10. The largest absolute Gasteiger partial charge is 0.323 e. The average Bonchev–Trinajstić information content (AvgIpc) is 2.30. The highest BCUT2D eigenvalue weighted by molar-refractivity contribution is 5.97. The fourth-order valence-corrected chi connectivity index (χ4v) is 2.02. The SMILES string of the molecule is Cc1cccc(NC(=O)C2(F)CCNCC2)c1. The van der Waals surface area contributed by atoms with Crippen molar-refractivity contribution in [3.63, 3.8) is 0 Å². The number of hydrogen-bond acceptors (Lipinski definition) is 2. The zero-order valence-corrected chi connectivity index (χ0v) is 9.92. The van der Waals surface area contributed by atoms with E-state index in [1.165, 1.54) is 0 Å². The lowest BCUT2D eigenvalue weighted by Crippen LogP contribution is -2.47. The molecule has 3 nitrogen and oxygen atoms in total. The smallest absolute Gasteiger partial charge is 0.262 e. The van der Waals surface area contributed by atoms with Gasteiger partial charge in [0.1, 0.15) is 0 Å². The van der Waals surface area contributed by atoms with E-state index < -0.39 is 11.6 Å². The molecule has 1 aliphatic rings. The van der Waals surface area contributed by atoms with Crippen LogP contribution in [0.15, 0.2) is 24.3 Å². The van der Waals surface area contributed by atoms with Crippen LogP contribution in [0.2, 0.25) is 0 Å². The first kappa shape index (κ1) is 12.0. The maximum Gasteiger partial charge on any atom is 0.262 e. The van der Waals surface area contributed by atoms with E-state index in [-0.39, 0.29) is 12.8 Å². The number of alkyl halides is 1. The van der Waals surface area contributed by atoms with Gasteiger partial charge in [-0.25, -0.2) is 4.39 Å². The Morgan fingerprint density at radius 2 is 2.12 bits per heavy atom. The molecule has 1 saturated heterocycles. The van der Waals surface area contributed by atoms with Crippen molar-refractivity contribution in [1.82, 2.24) is 5.32 Å². The highest BCUT2D eigenvalue weighted by Gasteiger charge is 2.39. The zero-order chi connectivity index (χ0) is 12.3. The molecule has 1 aromatic carbocycles. The van der Waals surface area contributed by atoms with Gasteiger partial charge < -0.3 is 10.6 Å². The van der Waals surface area contributed by atoms with E-state index >= 15 is 0 Å². The van der Waals surface area contributed by atoms with E-state index in [1.54, 1.807) is 6.07 Å². The zero-order valence-electron chi connectivity index (χ0n) is 9.92. The lowest BCUT2D eigenvalue weighted by molar-refractivity contribution is -0.128. The second-order valence-electron chi connectivity index (χ2n) is 4.54. The number of aryl methyl sites for hydroxylation is 1.